The fourth-order valence-corrected chi connectivity index (χ4v) is 3.70. The highest BCUT2D eigenvalue weighted by molar-refractivity contribution is 7.80. The van der Waals surface area contributed by atoms with Gasteiger partial charge in [-0.1, -0.05) is 32.0 Å². The third kappa shape index (κ3) is 7.29. The number of para-hydroxylation sites is 1. The maximum absolute atomic E-state index is 12.7. The number of thiol groups is 1. The minimum absolute atomic E-state index is 0.136. The molecule has 0 saturated carbocycles. The van der Waals surface area contributed by atoms with Gasteiger partial charge in [-0.3, -0.25) is 14.4 Å². The lowest BCUT2D eigenvalue weighted by Crippen LogP contribution is -2.56. The van der Waals surface area contributed by atoms with Gasteiger partial charge in [-0.15, -0.1) is 0 Å². The number of amides is 3. The highest BCUT2D eigenvalue weighted by atomic mass is 32.1. The zero-order valence-electron chi connectivity index (χ0n) is 18.3. The summed E-state index contributed by atoms with van der Waals surface area (Å²) in [6.45, 7) is 5.61. The summed E-state index contributed by atoms with van der Waals surface area (Å²) >= 11 is 4.23. The molecule has 6 N–H and O–H groups in total. The summed E-state index contributed by atoms with van der Waals surface area (Å²) in [5.74, 6) is -0.845. The van der Waals surface area contributed by atoms with Crippen molar-refractivity contribution < 1.29 is 14.4 Å². The zero-order valence-corrected chi connectivity index (χ0v) is 19.2. The molecular weight excluding hydrogens is 414 g/mol. The third-order valence-electron chi connectivity index (χ3n) is 4.95. The Morgan fingerprint density at radius 3 is 2.35 bits per heavy atom. The average molecular weight is 448 g/mol. The van der Waals surface area contributed by atoms with Crippen LogP contribution in [-0.4, -0.2) is 53.1 Å². The van der Waals surface area contributed by atoms with E-state index < -0.39 is 23.9 Å². The van der Waals surface area contributed by atoms with E-state index >= 15 is 0 Å². The molecule has 2 aromatic rings. The highest BCUT2D eigenvalue weighted by Crippen LogP contribution is 2.19. The van der Waals surface area contributed by atoms with Crippen LogP contribution in [0.5, 0.6) is 0 Å². The van der Waals surface area contributed by atoms with Gasteiger partial charge in [-0.2, -0.15) is 12.6 Å². The van der Waals surface area contributed by atoms with Crippen LogP contribution >= 0.6 is 12.6 Å². The van der Waals surface area contributed by atoms with E-state index in [1.54, 1.807) is 0 Å². The molecule has 170 valence electrons. The van der Waals surface area contributed by atoms with E-state index in [2.05, 4.69) is 33.6 Å². The fourth-order valence-electron chi connectivity index (χ4n) is 3.45. The quantitative estimate of drug-likeness (QED) is 0.288. The molecule has 9 heteroatoms. The lowest BCUT2D eigenvalue weighted by atomic mass is 10.0. The molecule has 0 bridgehead atoms. The van der Waals surface area contributed by atoms with Crippen molar-refractivity contribution >= 4 is 41.3 Å². The Morgan fingerprint density at radius 1 is 1.03 bits per heavy atom. The van der Waals surface area contributed by atoms with Crippen LogP contribution in [0.4, 0.5) is 0 Å². The van der Waals surface area contributed by atoms with Crippen LogP contribution in [0.1, 0.15) is 32.8 Å². The molecule has 0 saturated heterocycles. The van der Waals surface area contributed by atoms with Gasteiger partial charge in [0.25, 0.3) is 0 Å². The zero-order chi connectivity index (χ0) is 23.0. The van der Waals surface area contributed by atoms with E-state index in [-0.39, 0.29) is 30.2 Å². The number of H-pyrrole nitrogens is 1. The first-order chi connectivity index (χ1) is 14.7. The molecule has 3 atom stereocenters. The number of carbonyl (C=O) groups excluding carboxylic acids is 3. The second-order valence-corrected chi connectivity index (χ2v) is 8.54. The molecule has 1 aromatic heterocycles. The number of aromatic nitrogens is 1. The van der Waals surface area contributed by atoms with Crippen molar-refractivity contribution in [2.45, 2.75) is 51.7 Å². The molecule has 0 aliphatic carbocycles. The number of hydrogen-bond acceptors (Lipinski definition) is 5. The fraction of sp³-hybridized carbons (Fsp3) is 0.500. The Labute approximate surface area is 188 Å². The maximum Gasteiger partial charge on any atom is 0.243 e. The summed E-state index contributed by atoms with van der Waals surface area (Å²) in [5.41, 5.74) is 7.51. The SMILES string of the molecule is CC(C)C[C@H](NC(=O)CN)C(=O)N[C@@H](CS)C(=O)N[C@H](C)Cc1c[nH]c2ccccc12. The van der Waals surface area contributed by atoms with Crippen LogP contribution in [0.3, 0.4) is 0 Å². The molecule has 8 nitrogen and oxygen atoms in total. The first kappa shape index (κ1) is 24.7. The first-order valence-corrected chi connectivity index (χ1v) is 11.1. The van der Waals surface area contributed by atoms with Crippen LogP contribution in [0.2, 0.25) is 0 Å². The van der Waals surface area contributed by atoms with Gasteiger partial charge in [0.2, 0.25) is 17.7 Å². The van der Waals surface area contributed by atoms with Gasteiger partial charge >= 0.3 is 0 Å². The molecule has 0 radical (unpaired) electrons. The number of benzene rings is 1. The van der Waals surface area contributed by atoms with Crippen LogP contribution in [0.15, 0.2) is 30.5 Å². The lowest BCUT2D eigenvalue weighted by molar-refractivity contribution is -0.131. The number of fused-ring (bicyclic) bond motifs is 1. The van der Waals surface area contributed by atoms with Crippen molar-refractivity contribution in [3.63, 3.8) is 0 Å². The van der Waals surface area contributed by atoms with Crippen LogP contribution in [0, 0.1) is 5.92 Å². The molecule has 0 unspecified atom stereocenters. The van der Waals surface area contributed by atoms with E-state index in [4.69, 9.17) is 5.73 Å². The third-order valence-corrected chi connectivity index (χ3v) is 5.31. The van der Waals surface area contributed by atoms with Gasteiger partial charge < -0.3 is 26.7 Å². The first-order valence-electron chi connectivity index (χ1n) is 10.5. The van der Waals surface area contributed by atoms with Crippen LogP contribution < -0.4 is 21.7 Å². The second kappa shape index (κ2) is 11.8. The minimum atomic E-state index is -0.814. The molecule has 3 amide bonds. The highest BCUT2D eigenvalue weighted by Gasteiger charge is 2.27. The minimum Gasteiger partial charge on any atom is -0.361 e. The Bertz CT molecular complexity index is 898. The molecule has 0 spiro atoms. The Morgan fingerprint density at radius 2 is 1.71 bits per heavy atom. The molecule has 2 rings (SSSR count). The van der Waals surface area contributed by atoms with E-state index in [0.29, 0.717) is 12.8 Å². The predicted octanol–water partition coefficient (Wildman–Crippen LogP) is 1.12. The van der Waals surface area contributed by atoms with E-state index in [9.17, 15) is 14.4 Å². The van der Waals surface area contributed by atoms with E-state index in [1.807, 2.05) is 51.2 Å². The van der Waals surface area contributed by atoms with Crippen LogP contribution in [-0.2, 0) is 20.8 Å². The molecular formula is C22H33N5O3S. The molecule has 0 fully saturated rings. The van der Waals surface area contributed by atoms with Crippen molar-refractivity contribution in [3.8, 4) is 0 Å². The summed E-state index contributed by atoms with van der Waals surface area (Å²) in [5, 5.41) is 9.39. The predicted molar refractivity (Wildman–Crippen MR) is 126 cm³/mol. The summed E-state index contributed by atoms with van der Waals surface area (Å²) in [7, 11) is 0. The summed E-state index contributed by atoms with van der Waals surface area (Å²) < 4.78 is 0. The number of rotatable bonds is 11. The molecule has 1 aromatic carbocycles. The lowest BCUT2D eigenvalue weighted by Gasteiger charge is -2.24. The molecule has 0 aliphatic rings. The number of aromatic amines is 1. The standard InChI is InChI=1S/C22H33N5O3S/c1-13(2)8-18(26-20(28)10-23)21(29)27-19(12-31)22(30)25-14(3)9-15-11-24-17-7-5-4-6-16(15)17/h4-7,11,13-14,18-19,24,31H,8-10,12,23H2,1-3H3,(H,25,30)(H,26,28)(H,27,29)/t14-,18+,19+/m1/s1. The van der Waals surface area contributed by atoms with Gasteiger partial charge in [-0.05, 0) is 37.3 Å². The summed E-state index contributed by atoms with van der Waals surface area (Å²) in [4.78, 5) is 40.4. The molecule has 0 aliphatic heterocycles. The van der Waals surface area contributed by atoms with Gasteiger partial charge in [0.1, 0.15) is 12.1 Å². The second-order valence-electron chi connectivity index (χ2n) is 8.17. The number of nitrogens with two attached hydrogens (primary N) is 1. The average Bonchev–Trinajstić information content (AvgIpc) is 3.13. The molecule has 1 heterocycles. The van der Waals surface area contributed by atoms with Gasteiger partial charge in [0.05, 0.1) is 6.54 Å². The normalized spacial score (nSPS) is 14.1. The van der Waals surface area contributed by atoms with Crippen molar-refractivity contribution in [1.82, 2.24) is 20.9 Å². The van der Waals surface area contributed by atoms with Crippen molar-refractivity contribution in [2.75, 3.05) is 12.3 Å². The number of carbonyl (C=O) groups is 3. The largest absolute Gasteiger partial charge is 0.361 e. The van der Waals surface area contributed by atoms with Crippen molar-refractivity contribution in [2.24, 2.45) is 11.7 Å². The maximum atomic E-state index is 12.7. The van der Waals surface area contributed by atoms with Crippen molar-refractivity contribution in [3.05, 3.63) is 36.0 Å². The van der Waals surface area contributed by atoms with Gasteiger partial charge in [-0.25, -0.2) is 0 Å². The van der Waals surface area contributed by atoms with E-state index in [1.165, 1.54) is 0 Å². The Balaban J connectivity index is 1.97. The van der Waals surface area contributed by atoms with Crippen LogP contribution in [0.25, 0.3) is 10.9 Å². The van der Waals surface area contributed by atoms with Crippen molar-refractivity contribution in [1.29, 1.82) is 0 Å². The Hall–Kier alpha value is -2.52. The monoisotopic (exact) mass is 447 g/mol. The topological polar surface area (TPSA) is 129 Å². The number of nitrogens with one attached hydrogen (secondary N) is 4. The van der Waals surface area contributed by atoms with Gasteiger partial charge in [0, 0.05) is 28.9 Å². The Kier molecular flexibility index (Phi) is 9.39. The summed E-state index contributed by atoms with van der Waals surface area (Å²) in [6, 6.07) is 6.28. The van der Waals surface area contributed by atoms with Gasteiger partial charge in [0.15, 0.2) is 0 Å². The van der Waals surface area contributed by atoms with E-state index in [0.717, 1.165) is 16.5 Å². The number of hydrogen-bond donors (Lipinski definition) is 6. The summed E-state index contributed by atoms with van der Waals surface area (Å²) in [6.07, 6.45) is 3.03. The smallest absolute Gasteiger partial charge is 0.243 e. The molecule has 31 heavy (non-hydrogen) atoms.